The summed E-state index contributed by atoms with van der Waals surface area (Å²) in [6.07, 6.45) is 2.71. The Morgan fingerprint density at radius 2 is 2.05 bits per heavy atom. The van der Waals surface area contributed by atoms with E-state index in [4.69, 9.17) is 0 Å². The Morgan fingerprint density at radius 1 is 1.32 bits per heavy atom. The second kappa shape index (κ2) is 5.09. The van der Waals surface area contributed by atoms with E-state index in [1.807, 2.05) is 35.0 Å². The van der Waals surface area contributed by atoms with Gasteiger partial charge in [0.05, 0.1) is 12.2 Å². The van der Waals surface area contributed by atoms with Gasteiger partial charge in [0.15, 0.2) is 5.82 Å². The highest BCUT2D eigenvalue weighted by Gasteiger charge is 2.30. The Morgan fingerprint density at radius 3 is 2.74 bits per heavy atom. The fraction of sp³-hybridized carbons (Fsp3) is 0.500. The largest absolute Gasteiger partial charge is 0.296 e. The first-order valence-corrected chi connectivity index (χ1v) is 6.78. The SMILES string of the molecule is CC(C1CC1)N(C)Cc1nnnn1-c1ccccc1. The summed E-state index contributed by atoms with van der Waals surface area (Å²) in [5, 5.41) is 12.1. The maximum Gasteiger partial charge on any atom is 0.170 e. The van der Waals surface area contributed by atoms with Crippen LogP contribution in [0.5, 0.6) is 0 Å². The quantitative estimate of drug-likeness (QED) is 0.820. The molecule has 1 fully saturated rings. The summed E-state index contributed by atoms with van der Waals surface area (Å²) >= 11 is 0. The minimum Gasteiger partial charge on any atom is -0.296 e. The lowest BCUT2D eigenvalue weighted by Crippen LogP contribution is -2.31. The molecule has 5 nitrogen and oxygen atoms in total. The van der Waals surface area contributed by atoms with Crippen LogP contribution in [0.4, 0.5) is 0 Å². The summed E-state index contributed by atoms with van der Waals surface area (Å²) < 4.78 is 1.82. The molecule has 0 aliphatic heterocycles. The van der Waals surface area contributed by atoms with E-state index in [0.717, 1.165) is 24.0 Å². The van der Waals surface area contributed by atoms with Crippen LogP contribution in [0.3, 0.4) is 0 Å². The molecule has 1 heterocycles. The zero-order chi connectivity index (χ0) is 13.2. The van der Waals surface area contributed by atoms with Gasteiger partial charge in [-0.15, -0.1) is 5.10 Å². The summed E-state index contributed by atoms with van der Waals surface area (Å²) in [4.78, 5) is 2.34. The van der Waals surface area contributed by atoms with Gasteiger partial charge in [-0.25, -0.2) is 0 Å². The first kappa shape index (κ1) is 12.3. The van der Waals surface area contributed by atoms with Crippen LogP contribution in [0, 0.1) is 5.92 Å². The molecule has 0 N–H and O–H groups in total. The molecule has 3 rings (SSSR count). The lowest BCUT2D eigenvalue weighted by atomic mass is 10.2. The van der Waals surface area contributed by atoms with Gasteiger partial charge in [-0.1, -0.05) is 18.2 Å². The van der Waals surface area contributed by atoms with Crippen LogP contribution >= 0.6 is 0 Å². The number of para-hydroxylation sites is 1. The van der Waals surface area contributed by atoms with Gasteiger partial charge < -0.3 is 0 Å². The molecule has 1 saturated carbocycles. The molecule has 1 aliphatic rings. The Kier molecular flexibility index (Phi) is 3.29. The van der Waals surface area contributed by atoms with Crippen LogP contribution in [0.1, 0.15) is 25.6 Å². The average Bonchev–Trinajstić information content (AvgIpc) is 3.19. The molecule has 1 aromatic carbocycles. The van der Waals surface area contributed by atoms with Gasteiger partial charge in [-0.05, 0) is 55.3 Å². The zero-order valence-electron chi connectivity index (χ0n) is 11.4. The van der Waals surface area contributed by atoms with E-state index in [0.29, 0.717) is 6.04 Å². The summed E-state index contributed by atoms with van der Waals surface area (Å²) in [6.45, 7) is 3.06. The van der Waals surface area contributed by atoms with Gasteiger partial charge in [0.1, 0.15) is 0 Å². The predicted molar refractivity (Wildman–Crippen MR) is 72.8 cm³/mol. The number of nitrogens with zero attached hydrogens (tertiary/aromatic N) is 5. The third-order valence-electron chi connectivity index (χ3n) is 3.93. The fourth-order valence-corrected chi connectivity index (χ4v) is 2.38. The van der Waals surface area contributed by atoms with Crippen molar-refractivity contribution in [3.63, 3.8) is 0 Å². The molecule has 0 radical (unpaired) electrons. The Labute approximate surface area is 113 Å². The molecule has 1 aliphatic carbocycles. The van der Waals surface area contributed by atoms with Gasteiger partial charge >= 0.3 is 0 Å². The minimum atomic E-state index is 0.598. The smallest absolute Gasteiger partial charge is 0.170 e. The van der Waals surface area contributed by atoms with Crippen molar-refractivity contribution in [1.82, 2.24) is 25.1 Å². The van der Waals surface area contributed by atoms with Crippen LogP contribution in [-0.2, 0) is 6.54 Å². The predicted octanol–water partition coefficient (Wildman–Crippen LogP) is 1.89. The van der Waals surface area contributed by atoms with Crippen LogP contribution in [0.25, 0.3) is 5.69 Å². The second-order valence-corrected chi connectivity index (χ2v) is 5.34. The Balaban J connectivity index is 1.77. The molecule has 0 amide bonds. The second-order valence-electron chi connectivity index (χ2n) is 5.34. The standard InChI is InChI=1S/C14H19N5/c1-11(12-8-9-12)18(2)10-14-15-16-17-19(14)13-6-4-3-5-7-13/h3-7,11-12H,8-10H2,1-2H3. The third kappa shape index (κ3) is 2.66. The van der Waals surface area contributed by atoms with E-state index in [9.17, 15) is 0 Å². The molecule has 0 bridgehead atoms. The van der Waals surface area contributed by atoms with Crippen molar-refractivity contribution in [2.45, 2.75) is 32.4 Å². The first-order chi connectivity index (χ1) is 9.25. The van der Waals surface area contributed by atoms with E-state index < -0.39 is 0 Å². The van der Waals surface area contributed by atoms with Crippen molar-refractivity contribution in [3.8, 4) is 5.69 Å². The fourth-order valence-electron chi connectivity index (χ4n) is 2.38. The molecule has 1 atom stereocenters. The molecule has 1 aromatic heterocycles. The maximum atomic E-state index is 4.15. The van der Waals surface area contributed by atoms with E-state index >= 15 is 0 Å². The van der Waals surface area contributed by atoms with Crippen LogP contribution < -0.4 is 0 Å². The summed E-state index contributed by atoms with van der Waals surface area (Å²) in [5.74, 6) is 1.74. The highest BCUT2D eigenvalue weighted by Crippen LogP contribution is 2.34. The summed E-state index contributed by atoms with van der Waals surface area (Å²) in [6, 6.07) is 10.6. The van der Waals surface area contributed by atoms with Gasteiger partial charge in [-0.2, -0.15) is 4.68 Å². The Hall–Kier alpha value is -1.75. The van der Waals surface area contributed by atoms with Crippen molar-refractivity contribution < 1.29 is 0 Å². The molecule has 2 aromatic rings. The molecule has 100 valence electrons. The third-order valence-corrected chi connectivity index (χ3v) is 3.93. The van der Waals surface area contributed by atoms with Crippen molar-refractivity contribution >= 4 is 0 Å². The number of tetrazole rings is 1. The van der Waals surface area contributed by atoms with Gasteiger partial charge in [0.25, 0.3) is 0 Å². The molecule has 0 saturated heterocycles. The van der Waals surface area contributed by atoms with E-state index in [1.165, 1.54) is 12.8 Å². The minimum absolute atomic E-state index is 0.598. The maximum absolute atomic E-state index is 4.15. The van der Waals surface area contributed by atoms with Crippen LogP contribution in [-0.4, -0.2) is 38.2 Å². The van der Waals surface area contributed by atoms with Gasteiger partial charge in [0, 0.05) is 6.04 Å². The van der Waals surface area contributed by atoms with Crippen LogP contribution in [0.2, 0.25) is 0 Å². The average molecular weight is 257 g/mol. The number of aromatic nitrogens is 4. The Bertz CT molecular complexity index is 532. The number of hydrogen-bond acceptors (Lipinski definition) is 4. The monoisotopic (exact) mass is 257 g/mol. The molecule has 1 unspecified atom stereocenters. The number of benzene rings is 1. The normalized spacial score (nSPS) is 16.8. The first-order valence-electron chi connectivity index (χ1n) is 6.78. The molecule has 5 heteroatoms. The van der Waals surface area contributed by atoms with E-state index in [1.54, 1.807) is 0 Å². The van der Waals surface area contributed by atoms with Crippen molar-refractivity contribution in [2.24, 2.45) is 5.92 Å². The molecule has 0 spiro atoms. The van der Waals surface area contributed by atoms with Crippen molar-refractivity contribution in [3.05, 3.63) is 36.2 Å². The highest BCUT2D eigenvalue weighted by atomic mass is 15.5. The summed E-state index contributed by atoms with van der Waals surface area (Å²) in [7, 11) is 2.15. The van der Waals surface area contributed by atoms with Crippen molar-refractivity contribution in [2.75, 3.05) is 7.05 Å². The van der Waals surface area contributed by atoms with Crippen LogP contribution in [0.15, 0.2) is 30.3 Å². The molecule has 19 heavy (non-hydrogen) atoms. The lowest BCUT2D eigenvalue weighted by Gasteiger charge is -2.23. The topological polar surface area (TPSA) is 46.8 Å². The van der Waals surface area contributed by atoms with E-state index in [-0.39, 0.29) is 0 Å². The number of hydrogen-bond donors (Lipinski definition) is 0. The van der Waals surface area contributed by atoms with E-state index in [2.05, 4.69) is 34.4 Å². The molecular weight excluding hydrogens is 238 g/mol. The van der Waals surface area contributed by atoms with Gasteiger partial charge in [0.2, 0.25) is 0 Å². The number of rotatable bonds is 5. The van der Waals surface area contributed by atoms with Crippen molar-refractivity contribution in [1.29, 1.82) is 0 Å². The zero-order valence-corrected chi connectivity index (χ0v) is 11.4. The lowest BCUT2D eigenvalue weighted by molar-refractivity contribution is 0.219. The van der Waals surface area contributed by atoms with Gasteiger partial charge in [-0.3, -0.25) is 4.90 Å². The molecular formula is C14H19N5. The summed E-state index contributed by atoms with van der Waals surface area (Å²) in [5.41, 5.74) is 1.01. The highest BCUT2D eigenvalue weighted by molar-refractivity contribution is 5.30.